The third-order valence-corrected chi connectivity index (χ3v) is 1.86. The van der Waals surface area contributed by atoms with E-state index in [1.165, 1.54) is 0 Å². The van der Waals surface area contributed by atoms with Crippen molar-refractivity contribution < 1.29 is 14.6 Å². The maximum absolute atomic E-state index is 10.3. The van der Waals surface area contributed by atoms with Crippen molar-refractivity contribution in [2.45, 2.75) is 31.4 Å². The summed E-state index contributed by atoms with van der Waals surface area (Å²) in [4.78, 5) is 10.3. The number of hydrogen-bond acceptors (Lipinski definition) is 3. The van der Waals surface area contributed by atoms with E-state index in [2.05, 4.69) is 0 Å². The van der Waals surface area contributed by atoms with E-state index < -0.39 is 12.0 Å². The number of rotatable bonds is 3. The molecule has 0 aliphatic carbocycles. The molecule has 5 heteroatoms. The van der Waals surface area contributed by atoms with Crippen LogP contribution in [0.2, 0.25) is 0 Å². The van der Waals surface area contributed by atoms with Gasteiger partial charge in [-0.05, 0) is 19.3 Å². The quantitative estimate of drug-likeness (QED) is 0.684. The highest BCUT2D eigenvalue weighted by atomic mass is 35.5. The predicted molar refractivity (Wildman–Crippen MR) is 46.5 cm³/mol. The molecule has 3 N–H and O–H groups in total. The van der Waals surface area contributed by atoms with E-state index in [1.807, 2.05) is 0 Å². The molecule has 1 aliphatic heterocycles. The highest BCUT2D eigenvalue weighted by molar-refractivity contribution is 5.85. The average Bonchev–Trinajstić information content (AvgIpc) is 2.39. The van der Waals surface area contributed by atoms with Crippen LogP contribution in [0.5, 0.6) is 0 Å². The highest BCUT2D eigenvalue weighted by Gasteiger charge is 2.21. The molecule has 0 aromatic rings. The second-order valence-electron chi connectivity index (χ2n) is 2.82. The van der Waals surface area contributed by atoms with Crippen LogP contribution < -0.4 is 5.73 Å². The van der Waals surface area contributed by atoms with E-state index in [0.717, 1.165) is 19.4 Å². The lowest BCUT2D eigenvalue weighted by molar-refractivity contribution is -0.139. The van der Waals surface area contributed by atoms with Gasteiger partial charge < -0.3 is 15.6 Å². The third-order valence-electron chi connectivity index (χ3n) is 1.86. The van der Waals surface area contributed by atoms with Crippen molar-refractivity contribution in [3.05, 3.63) is 0 Å². The molecule has 0 aromatic heterocycles. The van der Waals surface area contributed by atoms with Gasteiger partial charge in [0, 0.05) is 6.61 Å². The topological polar surface area (TPSA) is 72.5 Å². The van der Waals surface area contributed by atoms with Gasteiger partial charge in [-0.25, -0.2) is 0 Å². The van der Waals surface area contributed by atoms with Crippen LogP contribution in [0.1, 0.15) is 19.3 Å². The lowest BCUT2D eigenvalue weighted by atomic mass is 10.1. The van der Waals surface area contributed by atoms with Gasteiger partial charge in [0.25, 0.3) is 0 Å². The standard InChI is InChI=1S/C7H13NO3.ClH/c8-6(7(9)10)4-5-2-1-3-11-5;/h5-6H,1-4,8H2,(H,9,10);1H/t5-,6+;/m0./s1. The van der Waals surface area contributed by atoms with Gasteiger partial charge in [0.15, 0.2) is 0 Å². The van der Waals surface area contributed by atoms with Crippen molar-refractivity contribution in [1.29, 1.82) is 0 Å². The molecule has 0 spiro atoms. The summed E-state index contributed by atoms with van der Waals surface area (Å²) in [6.45, 7) is 0.747. The fraction of sp³-hybridized carbons (Fsp3) is 0.857. The monoisotopic (exact) mass is 195 g/mol. The Bertz CT molecular complexity index is 148. The van der Waals surface area contributed by atoms with Crippen LogP contribution in [0.25, 0.3) is 0 Å². The van der Waals surface area contributed by atoms with Crippen LogP contribution >= 0.6 is 12.4 Å². The number of halogens is 1. The van der Waals surface area contributed by atoms with E-state index in [0.29, 0.717) is 6.42 Å². The van der Waals surface area contributed by atoms with Gasteiger partial charge in [0.1, 0.15) is 6.04 Å². The second-order valence-corrected chi connectivity index (χ2v) is 2.82. The summed E-state index contributed by atoms with van der Waals surface area (Å²) in [6.07, 6.45) is 2.48. The van der Waals surface area contributed by atoms with Crippen LogP contribution in [-0.2, 0) is 9.53 Å². The Morgan fingerprint density at radius 1 is 1.75 bits per heavy atom. The molecule has 4 nitrogen and oxygen atoms in total. The van der Waals surface area contributed by atoms with E-state index in [4.69, 9.17) is 15.6 Å². The van der Waals surface area contributed by atoms with Gasteiger partial charge in [-0.3, -0.25) is 4.79 Å². The fourth-order valence-corrected chi connectivity index (χ4v) is 1.21. The molecule has 0 amide bonds. The summed E-state index contributed by atoms with van der Waals surface area (Å²) in [5.41, 5.74) is 5.32. The Labute approximate surface area is 77.5 Å². The average molecular weight is 196 g/mol. The summed E-state index contributed by atoms with van der Waals surface area (Å²) in [7, 11) is 0. The minimum Gasteiger partial charge on any atom is -0.480 e. The molecular formula is C7H14ClNO3. The zero-order chi connectivity index (χ0) is 8.27. The van der Waals surface area contributed by atoms with Crippen LogP contribution in [0.15, 0.2) is 0 Å². The molecule has 0 saturated carbocycles. The summed E-state index contributed by atoms with van der Waals surface area (Å²) >= 11 is 0. The zero-order valence-electron chi connectivity index (χ0n) is 6.73. The first kappa shape index (κ1) is 11.7. The van der Waals surface area contributed by atoms with Crippen LogP contribution in [0.4, 0.5) is 0 Å². The first-order valence-corrected chi connectivity index (χ1v) is 3.80. The largest absolute Gasteiger partial charge is 0.480 e. The van der Waals surface area contributed by atoms with Crippen molar-refractivity contribution in [3.8, 4) is 0 Å². The SMILES string of the molecule is Cl.N[C@H](C[C@@H]1CCCO1)C(=O)O. The smallest absolute Gasteiger partial charge is 0.320 e. The molecule has 12 heavy (non-hydrogen) atoms. The van der Waals surface area contributed by atoms with Gasteiger partial charge in [-0.2, -0.15) is 0 Å². The number of carboxylic acids is 1. The summed E-state index contributed by atoms with van der Waals surface area (Å²) in [5, 5.41) is 8.46. The first-order chi connectivity index (χ1) is 5.20. The summed E-state index contributed by atoms with van der Waals surface area (Å²) < 4.78 is 5.23. The van der Waals surface area contributed by atoms with Crippen molar-refractivity contribution in [2.75, 3.05) is 6.61 Å². The number of aliphatic carboxylic acids is 1. The van der Waals surface area contributed by atoms with E-state index in [9.17, 15) is 4.79 Å². The van der Waals surface area contributed by atoms with Gasteiger partial charge in [0.05, 0.1) is 6.10 Å². The van der Waals surface area contributed by atoms with Gasteiger partial charge >= 0.3 is 5.97 Å². The Kier molecular flexibility index (Phi) is 5.20. The van der Waals surface area contributed by atoms with Crippen LogP contribution in [0, 0.1) is 0 Å². The Balaban J connectivity index is 0.00000121. The molecule has 0 aromatic carbocycles. The molecule has 1 fully saturated rings. The van der Waals surface area contributed by atoms with Gasteiger partial charge in [0.2, 0.25) is 0 Å². The normalized spacial score (nSPS) is 24.6. The molecule has 0 bridgehead atoms. The lowest BCUT2D eigenvalue weighted by Crippen LogP contribution is -2.33. The maximum atomic E-state index is 10.3. The van der Waals surface area contributed by atoms with Crippen LogP contribution in [0.3, 0.4) is 0 Å². The molecule has 0 unspecified atom stereocenters. The molecule has 1 aliphatic rings. The predicted octanol–water partition coefficient (Wildman–Crippen LogP) is 0.389. The molecular weight excluding hydrogens is 182 g/mol. The minimum atomic E-state index is -0.944. The fourth-order valence-electron chi connectivity index (χ4n) is 1.21. The maximum Gasteiger partial charge on any atom is 0.320 e. The number of hydrogen-bond donors (Lipinski definition) is 2. The lowest BCUT2D eigenvalue weighted by Gasteiger charge is -2.11. The van der Waals surface area contributed by atoms with Gasteiger partial charge in [-0.1, -0.05) is 0 Å². The molecule has 72 valence electrons. The van der Waals surface area contributed by atoms with E-state index in [1.54, 1.807) is 0 Å². The summed E-state index contributed by atoms with van der Waals surface area (Å²) in [6, 6.07) is -0.766. The molecule has 0 radical (unpaired) electrons. The van der Waals surface area contributed by atoms with Crippen molar-refractivity contribution in [2.24, 2.45) is 5.73 Å². The second kappa shape index (κ2) is 5.35. The Morgan fingerprint density at radius 2 is 2.42 bits per heavy atom. The van der Waals surface area contributed by atoms with Crippen molar-refractivity contribution >= 4 is 18.4 Å². The van der Waals surface area contributed by atoms with Crippen molar-refractivity contribution in [1.82, 2.24) is 0 Å². The zero-order valence-corrected chi connectivity index (χ0v) is 7.55. The molecule has 2 atom stereocenters. The number of nitrogens with two attached hydrogens (primary N) is 1. The Morgan fingerprint density at radius 3 is 2.83 bits per heavy atom. The minimum absolute atomic E-state index is 0. The van der Waals surface area contributed by atoms with Crippen molar-refractivity contribution in [3.63, 3.8) is 0 Å². The van der Waals surface area contributed by atoms with Crippen LogP contribution in [-0.4, -0.2) is 29.8 Å². The highest BCUT2D eigenvalue weighted by Crippen LogP contribution is 2.16. The summed E-state index contributed by atoms with van der Waals surface area (Å²) in [5.74, 6) is -0.944. The van der Waals surface area contributed by atoms with E-state index in [-0.39, 0.29) is 18.5 Å². The Hall–Kier alpha value is -0.320. The molecule has 1 heterocycles. The van der Waals surface area contributed by atoms with E-state index >= 15 is 0 Å². The molecule has 1 saturated heterocycles. The molecule has 1 rings (SSSR count). The number of carboxylic acid groups (broad SMARTS) is 1. The first-order valence-electron chi connectivity index (χ1n) is 3.80. The number of carbonyl (C=O) groups is 1. The number of ether oxygens (including phenoxy) is 1. The third kappa shape index (κ3) is 3.38. The van der Waals surface area contributed by atoms with Gasteiger partial charge in [-0.15, -0.1) is 12.4 Å².